The molecule has 3 rings (SSSR count). The number of aliphatic hydroxyl groups excluding tert-OH is 1. The Morgan fingerprint density at radius 1 is 1.21 bits per heavy atom. The molecule has 14 heavy (non-hydrogen) atoms. The zero-order valence-electron chi connectivity index (χ0n) is 7.53. The van der Waals surface area contributed by atoms with E-state index in [1.807, 2.05) is 6.07 Å². The second-order valence-electron chi connectivity index (χ2n) is 3.38. The molecule has 0 saturated heterocycles. The summed E-state index contributed by atoms with van der Waals surface area (Å²) >= 11 is 0. The number of hydrogen-bond donors (Lipinski definition) is 1. The average Bonchev–Trinajstić information content (AvgIpc) is 2.62. The second-order valence-corrected chi connectivity index (χ2v) is 3.38. The lowest BCUT2D eigenvalue weighted by molar-refractivity contribution is -0.110. The molecule has 0 saturated carbocycles. The molecular weight excluding hydrogens is 184 g/mol. The molecule has 0 spiro atoms. The lowest BCUT2D eigenvalue weighted by Crippen LogP contribution is -2.15. The first-order valence-electron chi connectivity index (χ1n) is 4.57. The molecule has 0 amide bonds. The van der Waals surface area contributed by atoms with Gasteiger partial charge >= 0.3 is 0 Å². The Labute approximate surface area is 81.0 Å². The predicted molar refractivity (Wildman–Crippen MR) is 47.2 cm³/mol. The number of ether oxygens (including phenoxy) is 3. The van der Waals surface area contributed by atoms with Crippen LogP contribution in [0.5, 0.6) is 11.5 Å². The van der Waals surface area contributed by atoms with Crippen molar-refractivity contribution in [3.63, 3.8) is 0 Å². The summed E-state index contributed by atoms with van der Waals surface area (Å²) in [5.41, 5.74) is 1.87. The van der Waals surface area contributed by atoms with Crippen molar-refractivity contribution >= 4 is 0 Å². The third-order valence-corrected chi connectivity index (χ3v) is 2.55. The maximum Gasteiger partial charge on any atom is 0.231 e. The van der Waals surface area contributed by atoms with Gasteiger partial charge < -0.3 is 19.3 Å². The molecule has 2 aliphatic heterocycles. The molecule has 0 fully saturated rings. The Kier molecular flexibility index (Phi) is 1.65. The van der Waals surface area contributed by atoms with Gasteiger partial charge in [-0.25, -0.2) is 0 Å². The third kappa shape index (κ3) is 1.08. The summed E-state index contributed by atoms with van der Waals surface area (Å²) in [7, 11) is 0. The lowest BCUT2D eigenvalue weighted by atomic mass is 10.0. The minimum atomic E-state index is -0.826. The van der Waals surface area contributed by atoms with Crippen molar-refractivity contribution in [2.45, 2.75) is 12.7 Å². The van der Waals surface area contributed by atoms with E-state index in [2.05, 4.69) is 0 Å². The van der Waals surface area contributed by atoms with Gasteiger partial charge in [-0.3, -0.25) is 0 Å². The molecule has 1 aromatic rings. The molecule has 2 aliphatic rings. The van der Waals surface area contributed by atoms with E-state index >= 15 is 0 Å². The molecule has 1 atom stereocenters. The topological polar surface area (TPSA) is 47.9 Å². The molecule has 0 aromatic heterocycles. The Morgan fingerprint density at radius 3 is 2.86 bits per heavy atom. The van der Waals surface area contributed by atoms with Gasteiger partial charge in [0, 0.05) is 5.56 Å². The highest BCUT2D eigenvalue weighted by Crippen LogP contribution is 2.38. The van der Waals surface area contributed by atoms with Crippen LogP contribution in [0.25, 0.3) is 0 Å². The van der Waals surface area contributed by atoms with Gasteiger partial charge in [0.05, 0.1) is 6.61 Å². The van der Waals surface area contributed by atoms with Gasteiger partial charge in [0.2, 0.25) is 6.79 Å². The monoisotopic (exact) mass is 194 g/mol. The summed E-state index contributed by atoms with van der Waals surface area (Å²) < 4.78 is 15.6. The van der Waals surface area contributed by atoms with Gasteiger partial charge in [-0.2, -0.15) is 0 Å². The SMILES string of the molecule is OC1OCCc2cc3c(cc21)OCO3. The fraction of sp³-hybridized carbons (Fsp3) is 0.400. The van der Waals surface area contributed by atoms with E-state index in [9.17, 15) is 5.11 Å². The van der Waals surface area contributed by atoms with Crippen molar-refractivity contribution in [1.82, 2.24) is 0 Å². The van der Waals surface area contributed by atoms with Crippen LogP contribution in [0, 0.1) is 0 Å². The van der Waals surface area contributed by atoms with E-state index in [0.29, 0.717) is 12.4 Å². The van der Waals surface area contributed by atoms with E-state index in [0.717, 1.165) is 23.3 Å². The van der Waals surface area contributed by atoms with E-state index < -0.39 is 6.29 Å². The average molecular weight is 194 g/mol. The van der Waals surface area contributed by atoms with Crippen molar-refractivity contribution in [2.24, 2.45) is 0 Å². The van der Waals surface area contributed by atoms with Crippen LogP contribution < -0.4 is 9.47 Å². The van der Waals surface area contributed by atoms with Gasteiger partial charge in [0.1, 0.15) is 0 Å². The van der Waals surface area contributed by atoms with Crippen LogP contribution in [0.2, 0.25) is 0 Å². The molecule has 1 N–H and O–H groups in total. The van der Waals surface area contributed by atoms with Crippen LogP contribution in [0.3, 0.4) is 0 Å². The van der Waals surface area contributed by atoms with Gasteiger partial charge in [0.15, 0.2) is 17.8 Å². The third-order valence-electron chi connectivity index (χ3n) is 2.55. The first-order chi connectivity index (χ1) is 6.84. The second kappa shape index (κ2) is 2.87. The first kappa shape index (κ1) is 8.08. The summed E-state index contributed by atoms with van der Waals surface area (Å²) in [6, 6.07) is 3.71. The first-order valence-corrected chi connectivity index (χ1v) is 4.57. The molecule has 1 unspecified atom stereocenters. The van der Waals surface area contributed by atoms with Crippen LogP contribution in [0.4, 0.5) is 0 Å². The highest BCUT2D eigenvalue weighted by Gasteiger charge is 2.23. The van der Waals surface area contributed by atoms with Crippen LogP contribution >= 0.6 is 0 Å². The molecule has 4 heteroatoms. The van der Waals surface area contributed by atoms with Crippen LogP contribution in [0.15, 0.2) is 12.1 Å². The number of fused-ring (bicyclic) bond motifs is 2. The molecular formula is C10H10O4. The molecule has 0 radical (unpaired) electrons. The van der Waals surface area contributed by atoms with E-state index in [-0.39, 0.29) is 6.79 Å². The van der Waals surface area contributed by atoms with Gasteiger partial charge in [-0.1, -0.05) is 0 Å². The summed E-state index contributed by atoms with van der Waals surface area (Å²) in [5.74, 6) is 1.45. The van der Waals surface area contributed by atoms with Gasteiger partial charge in [0.25, 0.3) is 0 Å². The molecule has 4 nitrogen and oxygen atoms in total. The van der Waals surface area contributed by atoms with Crippen LogP contribution in [0.1, 0.15) is 17.4 Å². The zero-order valence-corrected chi connectivity index (χ0v) is 7.53. The minimum absolute atomic E-state index is 0.259. The van der Waals surface area contributed by atoms with Gasteiger partial charge in [-0.15, -0.1) is 0 Å². The Balaban J connectivity index is 2.12. The molecule has 1 aromatic carbocycles. The Morgan fingerprint density at radius 2 is 2.00 bits per heavy atom. The molecule has 74 valence electrons. The van der Waals surface area contributed by atoms with Crippen molar-refractivity contribution in [2.75, 3.05) is 13.4 Å². The van der Waals surface area contributed by atoms with Crippen LogP contribution in [-0.2, 0) is 11.2 Å². The maximum absolute atomic E-state index is 9.57. The van der Waals surface area contributed by atoms with Crippen molar-refractivity contribution < 1.29 is 19.3 Å². The quantitative estimate of drug-likeness (QED) is 0.668. The van der Waals surface area contributed by atoms with E-state index in [1.54, 1.807) is 6.07 Å². The summed E-state index contributed by atoms with van der Waals surface area (Å²) in [4.78, 5) is 0. The van der Waals surface area contributed by atoms with Gasteiger partial charge in [-0.05, 0) is 24.1 Å². The number of benzene rings is 1. The predicted octanol–water partition coefficient (Wildman–Crippen LogP) is 0.979. The summed E-state index contributed by atoms with van der Waals surface area (Å²) in [6.07, 6.45) is -0.0171. The largest absolute Gasteiger partial charge is 0.454 e. The number of hydrogen-bond acceptors (Lipinski definition) is 4. The smallest absolute Gasteiger partial charge is 0.231 e. The minimum Gasteiger partial charge on any atom is -0.454 e. The number of rotatable bonds is 0. The Hall–Kier alpha value is -1.26. The Bertz CT molecular complexity index is 375. The van der Waals surface area contributed by atoms with Crippen molar-refractivity contribution in [1.29, 1.82) is 0 Å². The standard InChI is InChI=1S/C10H10O4/c11-10-7-4-9-8(13-5-14-9)3-6(7)1-2-12-10/h3-4,10-11H,1-2,5H2. The normalized spacial score (nSPS) is 23.4. The molecule has 0 bridgehead atoms. The fourth-order valence-corrected chi connectivity index (χ4v) is 1.82. The van der Waals surface area contributed by atoms with Crippen molar-refractivity contribution in [3.05, 3.63) is 23.3 Å². The lowest BCUT2D eigenvalue weighted by Gasteiger charge is -2.21. The molecule has 0 aliphatic carbocycles. The molecule has 2 heterocycles. The fourth-order valence-electron chi connectivity index (χ4n) is 1.82. The van der Waals surface area contributed by atoms with E-state index in [1.165, 1.54) is 0 Å². The number of aliphatic hydroxyl groups is 1. The highest BCUT2D eigenvalue weighted by atomic mass is 16.7. The maximum atomic E-state index is 9.57. The van der Waals surface area contributed by atoms with Crippen molar-refractivity contribution in [3.8, 4) is 11.5 Å². The highest BCUT2D eigenvalue weighted by molar-refractivity contribution is 5.49. The summed E-state index contributed by atoms with van der Waals surface area (Å²) in [6.45, 7) is 0.809. The van der Waals surface area contributed by atoms with Crippen LogP contribution in [-0.4, -0.2) is 18.5 Å². The zero-order chi connectivity index (χ0) is 9.54. The summed E-state index contributed by atoms with van der Waals surface area (Å²) in [5, 5.41) is 9.57. The van der Waals surface area contributed by atoms with E-state index in [4.69, 9.17) is 14.2 Å².